The molecule has 2 aromatic heterocycles. The zero-order chi connectivity index (χ0) is 28.8. The predicted molar refractivity (Wildman–Crippen MR) is 165 cm³/mol. The summed E-state index contributed by atoms with van der Waals surface area (Å²) in [6.07, 6.45) is 9.01. The SMILES string of the molecule is O=C(O)c1c2c(nc3ccccc13)/C(=C/c1cccc(/C=C3\CCCc4c3nc3ccccc3c4C(=O)O)c1)CCC2. The molecule has 0 radical (unpaired) electrons. The number of carboxylic acids is 2. The molecule has 2 heterocycles. The van der Waals surface area contributed by atoms with E-state index in [2.05, 4.69) is 18.2 Å². The number of para-hydroxylation sites is 2. The molecule has 0 atom stereocenters. The molecule has 6 nitrogen and oxygen atoms in total. The Morgan fingerprint density at radius 1 is 0.595 bits per heavy atom. The first-order valence-electron chi connectivity index (χ1n) is 14.3. The number of fused-ring (bicyclic) bond motifs is 4. The van der Waals surface area contributed by atoms with Crippen LogP contribution in [0.2, 0.25) is 0 Å². The number of carbonyl (C=O) groups is 2. The highest BCUT2D eigenvalue weighted by atomic mass is 16.4. The molecule has 0 bridgehead atoms. The first-order chi connectivity index (χ1) is 20.5. The van der Waals surface area contributed by atoms with E-state index < -0.39 is 11.9 Å². The summed E-state index contributed by atoms with van der Waals surface area (Å²) in [6, 6.07) is 23.1. The Labute approximate surface area is 242 Å². The van der Waals surface area contributed by atoms with E-state index >= 15 is 0 Å². The highest BCUT2D eigenvalue weighted by Crippen LogP contribution is 2.38. The second kappa shape index (κ2) is 10.4. The second-order valence-electron chi connectivity index (χ2n) is 11.0. The number of benzene rings is 3. The summed E-state index contributed by atoms with van der Waals surface area (Å²) in [5, 5.41) is 21.5. The van der Waals surface area contributed by atoms with Gasteiger partial charge in [0.1, 0.15) is 0 Å². The van der Waals surface area contributed by atoms with Crippen molar-refractivity contribution in [1.29, 1.82) is 0 Å². The van der Waals surface area contributed by atoms with Gasteiger partial charge in [0.2, 0.25) is 0 Å². The summed E-state index contributed by atoms with van der Waals surface area (Å²) in [7, 11) is 0. The topological polar surface area (TPSA) is 100 Å². The molecule has 2 aliphatic rings. The molecular formula is C36H28N2O4. The van der Waals surface area contributed by atoms with Crippen LogP contribution in [-0.2, 0) is 12.8 Å². The van der Waals surface area contributed by atoms with E-state index in [0.29, 0.717) is 45.8 Å². The van der Waals surface area contributed by atoms with Crippen LogP contribution in [0.5, 0.6) is 0 Å². The van der Waals surface area contributed by atoms with Gasteiger partial charge in [-0.3, -0.25) is 0 Å². The van der Waals surface area contributed by atoms with Crippen LogP contribution in [0.4, 0.5) is 0 Å². The zero-order valence-corrected chi connectivity index (χ0v) is 22.9. The lowest BCUT2D eigenvalue weighted by molar-refractivity contribution is 0.0686. The molecule has 0 spiro atoms. The maximum atomic E-state index is 12.3. The van der Waals surface area contributed by atoms with Gasteiger partial charge in [-0.2, -0.15) is 0 Å². The maximum absolute atomic E-state index is 12.3. The van der Waals surface area contributed by atoms with Crippen LogP contribution in [0, 0.1) is 0 Å². The fourth-order valence-electron chi connectivity index (χ4n) is 6.58. The van der Waals surface area contributed by atoms with Crippen LogP contribution in [0.15, 0.2) is 72.8 Å². The molecule has 2 N–H and O–H groups in total. The predicted octanol–water partition coefficient (Wildman–Crippen LogP) is 7.93. The highest BCUT2D eigenvalue weighted by Gasteiger charge is 2.26. The second-order valence-corrected chi connectivity index (χ2v) is 11.0. The minimum Gasteiger partial charge on any atom is -0.478 e. The number of hydrogen-bond acceptors (Lipinski definition) is 4. The number of aromatic nitrogens is 2. The van der Waals surface area contributed by atoms with E-state index in [9.17, 15) is 19.8 Å². The van der Waals surface area contributed by atoms with E-state index in [1.165, 1.54) is 0 Å². The van der Waals surface area contributed by atoms with Gasteiger partial charge in [-0.25, -0.2) is 19.6 Å². The Bertz CT molecular complexity index is 1860. The normalized spacial score (nSPS) is 16.5. The lowest BCUT2D eigenvalue weighted by Crippen LogP contribution is -2.13. The van der Waals surface area contributed by atoms with Gasteiger partial charge < -0.3 is 10.2 Å². The zero-order valence-electron chi connectivity index (χ0n) is 22.9. The van der Waals surface area contributed by atoms with Gasteiger partial charge >= 0.3 is 11.9 Å². The number of allylic oxidation sites excluding steroid dienone is 2. The van der Waals surface area contributed by atoms with Crippen molar-refractivity contribution < 1.29 is 19.8 Å². The quantitative estimate of drug-likeness (QED) is 0.235. The third-order valence-electron chi connectivity index (χ3n) is 8.36. The van der Waals surface area contributed by atoms with E-state index in [-0.39, 0.29) is 0 Å². The summed E-state index contributed by atoms with van der Waals surface area (Å²) in [4.78, 5) is 34.5. The van der Waals surface area contributed by atoms with Crippen molar-refractivity contribution in [1.82, 2.24) is 9.97 Å². The van der Waals surface area contributed by atoms with Gasteiger partial charge in [-0.15, -0.1) is 0 Å². The Morgan fingerprint density at radius 2 is 1.05 bits per heavy atom. The van der Waals surface area contributed by atoms with Gasteiger partial charge in [-0.05, 0) is 102 Å². The van der Waals surface area contributed by atoms with Crippen molar-refractivity contribution in [2.75, 3.05) is 0 Å². The van der Waals surface area contributed by atoms with Crippen molar-refractivity contribution in [2.24, 2.45) is 0 Å². The monoisotopic (exact) mass is 552 g/mol. The average molecular weight is 553 g/mol. The minimum atomic E-state index is -0.917. The van der Waals surface area contributed by atoms with E-state index in [1.807, 2.05) is 66.7 Å². The number of pyridine rings is 2. The molecule has 0 fully saturated rings. The van der Waals surface area contributed by atoms with Crippen LogP contribution >= 0.6 is 0 Å². The average Bonchev–Trinajstić information content (AvgIpc) is 2.99. The number of aromatic carboxylic acids is 2. The largest absolute Gasteiger partial charge is 0.478 e. The van der Waals surface area contributed by atoms with Crippen LogP contribution in [0.3, 0.4) is 0 Å². The summed E-state index contributed by atoms with van der Waals surface area (Å²) >= 11 is 0. The summed E-state index contributed by atoms with van der Waals surface area (Å²) < 4.78 is 0. The fourth-order valence-corrected chi connectivity index (χ4v) is 6.58. The molecule has 0 saturated carbocycles. The molecule has 0 unspecified atom stereocenters. The third kappa shape index (κ3) is 4.45. The van der Waals surface area contributed by atoms with Crippen molar-refractivity contribution in [2.45, 2.75) is 38.5 Å². The van der Waals surface area contributed by atoms with Gasteiger partial charge in [-0.1, -0.05) is 54.6 Å². The maximum Gasteiger partial charge on any atom is 0.336 e. The molecule has 206 valence electrons. The standard InChI is InChI=1S/C36H28N2O4/c39-35(40)31-25-12-1-3-16-29(25)37-33-23(10-6-14-27(31)33)19-21-8-5-9-22(18-21)20-24-11-7-15-28-32(36(41)42)26-13-2-4-17-30(26)38-34(24)28/h1-5,8-9,12-13,16-20H,6-7,10-11,14-15H2,(H,39,40)(H,41,42)/b23-19+,24-20+. The van der Waals surface area contributed by atoms with Crippen molar-refractivity contribution >= 4 is 57.0 Å². The first kappa shape index (κ1) is 25.8. The summed E-state index contributed by atoms with van der Waals surface area (Å²) in [5.74, 6) is -1.83. The number of hydrogen-bond donors (Lipinski definition) is 2. The highest BCUT2D eigenvalue weighted by molar-refractivity contribution is 6.07. The molecule has 0 amide bonds. The molecule has 0 aliphatic heterocycles. The molecule has 5 aromatic rings. The number of rotatable bonds is 4. The summed E-state index contributed by atoms with van der Waals surface area (Å²) in [6.45, 7) is 0. The van der Waals surface area contributed by atoms with Crippen LogP contribution in [-0.4, -0.2) is 32.1 Å². The molecule has 6 heteroatoms. The van der Waals surface area contributed by atoms with Crippen LogP contribution in [0.1, 0.15) is 80.0 Å². The first-order valence-corrected chi connectivity index (χ1v) is 14.3. The Kier molecular flexibility index (Phi) is 6.39. The van der Waals surface area contributed by atoms with Crippen molar-refractivity contribution in [3.05, 3.63) is 118 Å². The van der Waals surface area contributed by atoms with Gasteiger partial charge in [0.05, 0.1) is 33.5 Å². The van der Waals surface area contributed by atoms with Gasteiger partial charge in [0, 0.05) is 10.8 Å². The molecular weight excluding hydrogens is 524 g/mol. The van der Waals surface area contributed by atoms with Gasteiger partial charge in [0.15, 0.2) is 0 Å². The van der Waals surface area contributed by atoms with E-state index in [4.69, 9.17) is 9.97 Å². The van der Waals surface area contributed by atoms with Crippen LogP contribution in [0.25, 0.3) is 45.1 Å². The summed E-state index contributed by atoms with van der Waals surface area (Å²) in [5.41, 5.74) is 9.36. The number of carboxylic acid groups (broad SMARTS) is 2. The lowest BCUT2D eigenvalue weighted by atomic mass is 9.85. The van der Waals surface area contributed by atoms with Crippen LogP contribution < -0.4 is 0 Å². The molecule has 7 rings (SSSR count). The lowest BCUT2D eigenvalue weighted by Gasteiger charge is -2.22. The molecule has 2 aliphatic carbocycles. The third-order valence-corrected chi connectivity index (χ3v) is 8.36. The van der Waals surface area contributed by atoms with Crippen molar-refractivity contribution in [3.8, 4) is 0 Å². The molecule has 0 saturated heterocycles. The van der Waals surface area contributed by atoms with E-state index in [1.54, 1.807) is 0 Å². The fraction of sp³-hybridized carbons (Fsp3) is 0.167. The molecule has 42 heavy (non-hydrogen) atoms. The van der Waals surface area contributed by atoms with E-state index in [0.717, 1.165) is 70.5 Å². The Balaban J connectivity index is 1.31. The Morgan fingerprint density at radius 3 is 1.50 bits per heavy atom. The van der Waals surface area contributed by atoms with Crippen molar-refractivity contribution in [3.63, 3.8) is 0 Å². The Hall–Kier alpha value is -5.10. The number of nitrogens with zero attached hydrogens (tertiary/aromatic N) is 2. The molecule has 3 aromatic carbocycles. The van der Waals surface area contributed by atoms with Gasteiger partial charge in [0.25, 0.3) is 0 Å². The smallest absolute Gasteiger partial charge is 0.336 e. The minimum absolute atomic E-state index is 0.358.